The fourth-order valence-corrected chi connectivity index (χ4v) is 2.02. The molecule has 2 aromatic carbocycles. The van der Waals surface area contributed by atoms with Gasteiger partial charge in [-0.15, -0.1) is 6.58 Å². The van der Waals surface area contributed by atoms with Gasteiger partial charge >= 0.3 is 0 Å². The van der Waals surface area contributed by atoms with E-state index in [0.29, 0.717) is 0 Å². The molecule has 0 aliphatic rings. The molecule has 0 aliphatic heterocycles. The van der Waals surface area contributed by atoms with Crippen molar-refractivity contribution >= 4 is 12.2 Å². The Morgan fingerprint density at radius 1 is 0.947 bits per heavy atom. The lowest BCUT2D eigenvalue weighted by molar-refractivity contribution is 0.943. The van der Waals surface area contributed by atoms with Gasteiger partial charge in [-0.25, -0.2) is 0 Å². The largest absolute Gasteiger partial charge is 0.100 e. The number of benzene rings is 2. The van der Waals surface area contributed by atoms with Crippen molar-refractivity contribution in [1.82, 2.24) is 0 Å². The summed E-state index contributed by atoms with van der Waals surface area (Å²) in [6.45, 7) is 6.06. The van der Waals surface area contributed by atoms with E-state index in [1.807, 2.05) is 6.07 Å². The van der Waals surface area contributed by atoms with Crippen LogP contribution in [0.3, 0.4) is 0 Å². The van der Waals surface area contributed by atoms with Crippen molar-refractivity contribution in [2.75, 3.05) is 0 Å². The number of hydrogen-bond donors (Lipinski definition) is 0. The zero-order chi connectivity index (χ0) is 13.5. The van der Waals surface area contributed by atoms with Crippen LogP contribution in [-0.4, -0.2) is 0 Å². The fraction of sp³-hybridized carbons (Fsp3) is 0.158. The van der Waals surface area contributed by atoms with Crippen molar-refractivity contribution in [2.24, 2.45) is 0 Å². The third-order valence-corrected chi connectivity index (χ3v) is 3.13. The molecule has 0 saturated heterocycles. The summed E-state index contributed by atoms with van der Waals surface area (Å²) in [5.74, 6) is 0. The molecule has 0 heterocycles. The van der Waals surface area contributed by atoms with Crippen molar-refractivity contribution in [3.05, 3.63) is 83.4 Å². The monoisotopic (exact) mass is 248 g/mol. The predicted octanol–water partition coefficient (Wildman–Crippen LogP) is 5.37. The summed E-state index contributed by atoms with van der Waals surface area (Å²) in [4.78, 5) is 0. The second-order valence-corrected chi connectivity index (χ2v) is 4.90. The molecule has 2 rings (SSSR count). The molecule has 0 fully saturated rings. The SMILES string of the molecule is C=C(C)CCc1ccccc1C=Cc1ccccc1. The number of hydrogen-bond acceptors (Lipinski definition) is 0. The first-order valence-corrected chi connectivity index (χ1v) is 6.71. The molecule has 96 valence electrons. The van der Waals surface area contributed by atoms with Crippen LogP contribution in [0.15, 0.2) is 66.7 Å². The molecule has 0 atom stereocenters. The second-order valence-electron chi connectivity index (χ2n) is 4.90. The van der Waals surface area contributed by atoms with Crippen LogP contribution in [0.4, 0.5) is 0 Å². The lowest BCUT2D eigenvalue weighted by Crippen LogP contribution is -1.89. The van der Waals surface area contributed by atoms with E-state index in [-0.39, 0.29) is 0 Å². The number of rotatable bonds is 5. The van der Waals surface area contributed by atoms with Gasteiger partial charge < -0.3 is 0 Å². The smallest absolute Gasteiger partial charge is 0.0224 e. The molecule has 0 radical (unpaired) electrons. The molecule has 0 spiro atoms. The molecule has 19 heavy (non-hydrogen) atoms. The van der Waals surface area contributed by atoms with Crippen molar-refractivity contribution in [3.8, 4) is 0 Å². The van der Waals surface area contributed by atoms with Gasteiger partial charge in [0.1, 0.15) is 0 Å². The van der Waals surface area contributed by atoms with Crippen LogP contribution in [0.25, 0.3) is 12.2 Å². The first kappa shape index (κ1) is 13.4. The van der Waals surface area contributed by atoms with E-state index in [1.54, 1.807) is 0 Å². The summed E-state index contributed by atoms with van der Waals surface area (Å²) < 4.78 is 0. The van der Waals surface area contributed by atoms with E-state index in [0.717, 1.165) is 12.8 Å². The minimum absolute atomic E-state index is 1.05. The van der Waals surface area contributed by atoms with Gasteiger partial charge in [0.05, 0.1) is 0 Å². The molecule has 2 aromatic rings. The van der Waals surface area contributed by atoms with Crippen LogP contribution in [0, 0.1) is 0 Å². The summed E-state index contributed by atoms with van der Waals surface area (Å²) in [5, 5.41) is 0. The van der Waals surface area contributed by atoms with Gasteiger partial charge in [-0.05, 0) is 36.5 Å². The van der Waals surface area contributed by atoms with Crippen molar-refractivity contribution in [2.45, 2.75) is 19.8 Å². The molecule has 0 saturated carbocycles. The van der Waals surface area contributed by atoms with E-state index >= 15 is 0 Å². The van der Waals surface area contributed by atoms with Gasteiger partial charge in [0.2, 0.25) is 0 Å². The van der Waals surface area contributed by atoms with E-state index in [1.165, 1.54) is 22.3 Å². The highest BCUT2D eigenvalue weighted by molar-refractivity contribution is 5.71. The summed E-state index contributed by atoms with van der Waals surface area (Å²) in [6.07, 6.45) is 6.48. The second kappa shape index (κ2) is 6.75. The van der Waals surface area contributed by atoms with E-state index in [2.05, 4.69) is 74.2 Å². The molecule has 0 nitrogen and oxygen atoms in total. The molecule has 0 heteroatoms. The Kier molecular flexibility index (Phi) is 4.74. The average Bonchev–Trinajstić information content (AvgIpc) is 2.45. The molecular formula is C19H20. The number of allylic oxidation sites excluding steroid dienone is 1. The van der Waals surface area contributed by atoms with Gasteiger partial charge in [-0.3, -0.25) is 0 Å². The van der Waals surface area contributed by atoms with Gasteiger partial charge in [-0.1, -0.05) is 72.3 Å². The zero-order valence-corrected chi connectivity index (χ0v) is 11.5. The molecule has 0 unspecified atom stereocenters. The average molecular weight is 248 g/mol. The van der Waals surface area contributed by atoms with Crippen LogP contribution >= 0.6 is 0 Å². The highest BCUT2D eigenvalue weighted by Crippen LogP contribution is 2.16. The Morgan fingerprint density at radius 3 is 2.37 bits per heavy atom. The highest BCUT2D eigenvalue weighted by atomic mass is 14.0. The number of aryl methyl sites for hydroxylation is 1. The normalized spacial score (nSPS) is 10.8. The molecule has 0 amide bonds. The van der Waals surface area contributed by atoms with Crippen LogP contribution in [0.1, 0.15) is 30.0 Å². The Hall–Kier alpha value is -2.08. The van der Waals surface area contributed by atoms with E-state index < -0.39 is 0 Å². The lowest BCUT2D eigenvalue weighted by atomic mass is 10.00. The molecule has 0 bridgehead atoms. The minimum Gasteiger partial charge on any atom is -0.100 e. The minimum atomic E-state index is 1.05. The van der Waals surface area contributed by atoms with Crippen LogP contribution in [0.5, 0.6) is 0 Å². The maximum atomic E-state index is 3.98. The molecule has 0 aliphatic carbocycles. The molecule has 0 aromatic heterocycles. The van der Waals surface area contributed by atoms with Gasteiger partial charge in [0, 0.05) is 0 Å². The van der Waals surface area contributed by atoms with Gasteiger partial charge in [0.25, 0.3) is 0 Å². The van der Waals surface area contributed by atoms with Crippen molar-refractivity contribution < 1.29 is 0 Å². The Balaban J connectivity index is 2.16. The Labute approximate surface area is 116 Å². The van der Waals surface area contributed by atoms with Crippen LogP contribution in [0.2, 0.25) is 0 Å². The van der Waals surface area contributed by atoms with Crippen molar-refractivity contribution in [1.29, 1.82) is 0 Å². The van der Waals surface area contributed by atoms with Crippen LogP contribution < -0.4 is 0 Å². The molecule has 0 N–H and O–H groups in total. The third kappa shape index (κ3) is 4.26. The third-order valence-electron chi connectivity index (χ3n) is 3.13. The summed E-state index contributed by atoms with van der Waals surface area (Å²) >= 11 is 0. The summed E-state index contributed by atoms with van der Waals surface area (Å²) in [6, 6.07) is 19.0. The Morgan fingerprint density at radius 2 is 1.63 bits per heavy atom. The molecular weight excluding hydrogens is 228 g/mol. The van der Waals surface area contributed by atoms with Gasteiger partial charge in [-0.2, -0.15) is 0 Å². The lowest BCUT2D eigenvalue weighted by Gasteiger charge is -2.05. The summed E-state index contributed by atoms with van der Waals surface area (Å²) in [7, 11) is 0. The quantitative estimate of drug-likeness (QED) is 0.493. The topological polar surface area (TPSA) is 0 Å². The standard InChI is InChI=1S/C19H20/c1-16(2)12-14-18-10-6-7-11-19(18)15-13-17-8-4-3-5-9-17/h3-11,13,15H,1,12,14H2,2H3. The van der Waals surface area contributed by atoms with Crippen LogP contribution in [-0.2, 0) is 6.42 Å². The van der Waals surface area contributed by atoms with Crippen molar-refractivity contribution in [3.63, 3.8) is 0 Å². The maximum Gasteiger partial charge on any atom is -0.0224 e. The van der Waals surface area contributed by atoms with Gasteiger partial charge in [0.15, 0.2) is 0 Å². The summed E-state index contributed by atoms with van der Waals surface area (Å²) in [5.41, 5.74) is 5.16. The van der Waals surface area contributed by atoms with E-state index in [9.17, 15) is 0 Å². The Bertz CT molecular complexity index is 562. The fourth-order valence-electron chi connectivity index (χ4n) is 2.02. The first-order valence-electron chi connectivity index (χ1n) is 6.71. The van der Waals surface area contributed by atoms with E-state index in [4.69, 9.17) is 0 Å². The predicted molar refractivity (Wildman–Crippen MR) is 84.9 cm³/mol. The first-order chi connectivity index (χ1) is 9.25. The maximum absolute atomic E-state index is 3.98. The highest BCUT2D eigenvalue weighted by Gasteiger charge is 1.98. The zero-order valence-electron chi connectivity index (χ0n) is 11.5.